The van der Waals surface area contributed by atoms with E-state index in [0.717, 1.165) is 24.0 Å². The Kier molecular flexibility index (Phi) is 5.41. The van der Waals surface area contributed by atoms with Gasteiger partial charge in [-0.3, -0.25) is 20.4 Å². The second-order valence-corrected chi connectivity index (χ2v) is 5.83. The van der Waals surface area contributed by atoms with Crippen molar-refractivity contribution >= 4 is 11.8 Å². The Morgan fingerprint density at radius 3 is 2.38 bits per heavy atom. The highest BCUT2D eigenvalue weighted by Crippen LogP contribution is 2.41. The number of hydrazine groups is 1. The first kappa shape index (κ1) is 19.5. The van der Waals surface area contributed by atoms with E-state index in [-0.39, 0.29) is 5.56 Å². The molecule has 1 aromatic heterocycles. The quantitative estimate of drug-likeness (QED) is 0.721. The number of rotatable bonds is 4. The Bertz CT molecular complexity index is 803. The van der Waals surface area contributed by atoms with Crippen LogP contribution in [-0.4, -0.2) is 23.1 Å². The highest BCUT2D eigenvalue weighted by atomic mass is 19.4. The molecule has 1 atom stereocenters. The van der Waals surface area contributed by atoms with Crippen LogP contribution in [0.3, 0.4) is 0 Å². The molecular weight excluding hydrogens is 353 g/mol. The van der Waals surface area contributed by atoms with Gasteiger partial charge in [-0.25, -0.2) is 0 Å². The van der Waals surface area contributed by atoms with Gasteiger partial charge in [0.05, 0.1) is 12.7 Å². The number of aliphatic hydroxyl groups is 1. The van der Waals surface area contributed by atoms with Crippen LogP contribution in [0.5, 0.6) is 0 Å². The van der Waals surface area contributed by atoms with Crippen LogP contribution >= 0.6 is 0 Å². The van der Waals surface area contributed by atoms with Crippen molar-refractivity contribution in [3.8, 4) is 0 Å². The minimum Gasteiger partial charge on any atom is -0.466 e. The van der Waals surface area contributed by atoms with Crippen molar-refractivity contribution in [3.63, 3.8) is 0 Å². The number of carbonyl (C=O) groups is 2. The average Bonchev–Trinajstić information content (AvgIpc) is 3.06. The normalized spacial score (nSPS) is 13.8. The van der Waals surface area contributed by atoms with Crippen LogP contribution in [0.2, 0.25) is 0 Å². The van der Waals surface area contributed by atoms with Crippen LogP contribution in [0.1, 0.15) is 33.7 Å². The van der Waals surface area contributed by atoms with E-state index < -0.39 is 35.8 Å². The molecule has 0 radical (unpaired) electrons. The van der Waals surface area contributed by atoms with Crippen molar-refractivity contribution in [1.29, 1.82) is 0 Å². The van der Waals surface area contributed by atoms with Crippen molar-refractivity contribution in [3.05, 3.63) is 59.0 Å². The number of halogens is 3. The summed E-state index contributed by atoms with van der Waals surface area (Å²) in [6.07, 6.45) is -5.58. The highest BCUT2D eigenvalue weighted by Gasteiger charge is 2.58. The Morgan fingerprint density at radius 2 is 1.85 bits per heavy atom. The third-order valence-corrected chi connectivity index (χ3v) is 3.76. The SMILES string of the molecule is Cc1ccc(C(=O)NNC(=O)C[C@@](O)(c2ccco2)C(F)(F)F)c(C)c1. The van der Waals surface area contributed by atoms with E-state index in [1.165, 1.54) is 6.07 Å². The molecular formula is C17H17F3N2O4. The molecule has 6 nitrogen and oxygen atoms in total. The first-order valence-electron chi connectivity index (χ1n) is 7.54. The zero-order valence-corrected chi connectivity index (χ0v) is 14.0. The van der Waals surface area contributed by atoms with E-state index in [1.807, 2.05) is 17.8 Å². The van der Waals surface area contributed by atoms with Crippen molar-refractivity contribution in [1.82, 2.24) is 10.9 Å². The van der Waals surface area contributed by atoms with E-state index in [0.29, 0.717) is 5.56 Å². The Labute approximate surface area is 147 Å². The van der Waals surface area contributed by atoms with Crippen LogP contribution in [0.4, 0.5) is 13.2 Å². The zero-order chi connectivity index (χ0) is 19.5. The molecule has 0 aliphatic carbocycles. The molecule has 2 aromatic rings. The lowest BCUT2D eigenvalue weighted by molar-refractivity contribution is -0.273. The summed E-state index contributed by atoms with van der Waals surface area (Å²) in [5.74, 6) is -2.75. The van der Waals surface area contributed by atoms with E-state index in [2.05, 4.69) is 4.42 Å². The molecule has 9 heteroatoms. The first-order chi connectivity index (χ1) is 12.0. The summed E-state index contributed by atoms with van der Waals surface area (Å²) in [7, 11) is 0. The van der Waals surface area contributed by atoms with Crippen LogP contribution in [0, 0.1) is 13.8 Å². The standard InChI is InChI=1S/C17H17F3N2O4/c1-10-5-6-12(11(2)8-10)15(24)22-21-14(23)9-16(25,17(18,19)20)13-4-3-7-26-13/h3-8,25H,9H2,1-2H3,(H,21,23)(H,22,24)/t16-/m1/s1. The maximum Gasteiger partial charge on any atom is 0.425 e. The van der Waals surface area contributed by atoms with Gasteiger partial charge in [-0.05, 0) is 37.6 Å². The molecule has 2 amide bonds. The molecule has 3 N–H and O–H groups in total. The summed E-state index contributed by atoms with van der Waals surface area (Å²) >= 11 is 0. The highest BCUT2D eigenvalue weighted by molar-refractivity contribution is 5.96. The van der Waals surface area contributed by atoms with Gasteiger partial charge in [-0.2, -0.15) is 13.2 Å². The topological polar surface area (TPSA) is 91.6 Å². The molecule has 0 saturated carbocycles. The number of furan rings is 1. The average molecular weight is 370 g/mol. The number of carbonyl (C=O) groups excluding carboxylic acids is 2. The van der Waals surface area contributed by atoms with Gasteiger partial charge < -0.3 is 9.52 Å². The van der Waals surface area contributed by atoms with Gasteiger partial charge in [-0.1, -0.05) is 17.7 Å². The predicted molar refractivity (Wildman–Crippen MR) is 84.8 cm³/mol. The summed E-state index contributed by atoms with van der Waals surface area (Å²) in [4.78, 5) is 23.9. The number of hydrogen-bond donors (Lipinski definition) is 3. The van der Waals surface area contributed by atoms with Crippen molar-refractivity contribution < 1.29 is 32.3 Å². The van der Waals surface area contributed by atoms with E-state index in [4.69, 9.17) is 0 Å². The van der Waals surface area contributed by atoms with Crippen molar-refractivity contribution in [2.24, 2.45) is 0 Å². The van der Waals surface area contributed by atoms with Crippen molar-refractivity contribution in [2.75, 3.05) is 0 Å². The van der Waals surface area contributed by atoms with Crippen LogP contribution < -0.4 is 10.9 Å². The smallest absolute Gasteiger partial charge is 0.425 e. The molecule has 0 bridgehead atoms. The van der Waals surface area contributed by atoms with Crippen LogP contribution in [0.15, 0.2) is 41.0 Å². The molecule has 2 rings (SSSR count). The van der Waals surface area contributed by atoms with Crippen LogP contribution in [0.25, 0.3) is 0 Å². The number of nitrogens with one attached hydrogen (secondary N) is 2. The molecule has 1 heterocycles. The summed E-state index contributed by atoms with van der Waals surface area (Å²) < 4.78 is 44.2. The maximum atomic E-state index is 13.2. The fourth-order valence-corrected chi connectivity index (χ4v) is 2.38. The third kappa shape index (κ3) is 4.05. The predicted octanol–water partition coefficient (Wildman–Crippen LogP) is 2.50. The molecule has 0 unspecified atom stereocenters. The fourth-order valence-electron chi connectivity index (χ4n) is 2.38. The molecule has 0 saturated heterocycles. The number of benzene rings is 1. The van der Waals surface area contributed by atoms with Gasteiger partial charge in [0.25, 0.3) is 5.91 Å². The summed E-state index contributed by atoms with van der Waals surface area (Å²) in [6.45, 7) is 3.52. The number of alkyl halides is 3. The fraction of sp³-hybridized carbons (Fsp3) is 0.294. The van der Waals surface area contributed by atoms with E-state index in [1.54, 1.807) is 19.1 Å². The maximum absolute atomic E-state index is 13.2. The molecule has 0 fully saturated rings. The van der Waals surface area contributed by atoms with Gasteiger partial charge in [-0.15, -0.1) is 0 Å². The van der Waals surface area contributed by atoms with E-state index >= 15 is 0 Å². The monoisotopic (exact) mass is 370 g/mol. The summed E-state index contributed by atoms with van der Waals surface area (Å²) in [5, 5.41) is 9.94. The van der Waals surface area contributed by atoms with Gasteiger partial charge in [0.15, 0.2) is 0 Å². The summed E-state index contributed by atoms with van der Waals surface area (Å²) in [6, 6.07) is 7.03. The summed E-state index contributed by atoms with van der Waals surface area (Å²) in [5.41, 5.74) is 2.22. The van der Waals surface area contributed by atoms with Gasteiger partial charge in [0.2, 0.25) is 11.5 Å². The Balaban J connectivity index is 2.06. The largest absolute Gasteiger partial charge is 0.466 e. The molecule has 1 aromatic carbocycles. The molecule has 0 aliphatic rings. The second kappa shape index (κ2) is 7.20. The number of hydrogen-bond acceptors (Lipinski definition) is 4. The number of amides is 2. The Hall–Kier alpha value is -2.81. The molecule has 140 valence electrons. The van der Waals surface area contributed by atoms with Crippen molar-refractivity contribution in [2.45, 2.75) is 32.0 Å². The third-order valence-electron chi connectivity index (χ3n) is 3.76. The lowest BCUT2D eigenvalue weighted by Gasteiger charge is -2.27. The number of aryl methyl sites for hydroxylation is 2. The zero-order valence-electron chi connectivity index (χ0n) is 14.0. The molecule has 0 spiro atoms. The van der Waals surface area contributed by atoms with E-state index in [9.17, 15) is 27.9 Å². The molecule has 0 aliphatic heterocycles. The minimum atomic E-state index is -5.15. The minimum absolute atomic E-state index is 0.257. The molecule has 26 heavy (non-hydrogen) atoms. The van der Waals surface area contributed by atoms with Gasteiger partial charge >= 0.3 is 6.18 Å². The van der Waals surface area contributed by atoms with Crippen LogP contribution in [-0.2, 0) is 10.4 Å². The lowest BCUT2D eigenvalue weighted by atomic mass is 9.95. The van der Waals surface area contributed by atoms with Gasteiger partial charge in [0, 0.05) is 5.56 Å². The first-order valence-corrected chi connectivity index (χ1v) is 7.54. The lowest BCUT2D eigenvalue weighted by Crippen LogP contribution is -2.49. The Morgan fingerprint density at radius 1 is 1.15 bits per heavy atom. The second-order valence-electron chi connectivity index (χ2n) is 5.83. The van der Waals surface area contributed by atoms with Gasteiger partial charge in [0.1, 0.15) is 5.76 Å².